The molecule has 2 aromatic rings. The zero-order valence-corrected chi connectivity index (χ0v) is 14.9. The predicted octanol–water partition coefficient (Wildman–Crippen LogP) is 4.98. The van der Waals surface area contributed by atoms with E-state index < -0.39 is 0 Å². The lowest BCUT2D eigenvalue weighted by Crippen LogP contribution is -2.04. The van der Waals surface area contributed by atoms with E-state index >= 15 is 0 Å². The highest BCUT2D eigenvalue weighted by atomic mass is 35.5. The number of halogens is 1. The minimum atomic E-state index is 0.340. The van der Waals surface area contributed by atoms with Crippen LogP contribution in [0.25, 0.3) is 0 Å². The van der Waals surface area contributed by atoms with Crippen LogP contribution in [0.1, 0.15) is 67.7 Å². The van der Waals surface area contributed by atoms with Gasteiger partial charge in [0.15, 0.2) is 0 Å². The minimum Gasteiger partial charge on any atom is -0.508 e. The molecule has 0 aliphatic heterocycles. The Morgan fingerprint density at radius 3 is 2.65 bits per heavy atom. The van der Waals surface area contributed by atoms with E-state index in [-0.39, 0.29) is 0 Å². The normalized spacial score (nSPS) is 11.2. The number of phenols is 1. The maximum atomic E-state index is 10.3. The van der Waals surface area contributed by atoms with Crippen LogP contribution in [0.4, 0.5) is 0 Å². The van der Waals surface area contributed by atoms with Crippen molar-refractivity contribution in [3.8, 4) is 5.75 Å². The molecule has 4 heteroatoms. The number of hydrogen-bond donors (Lipinski definition) is 1. The lowest BCUT2D eigenvalue weighted by atomic mass is 9.91. The summed E-state index contributed by atoms with van der Waals surface area (Å²) < 4.78 is 0. The van der Waals surface area contributed by atoms with Crippen molar-refractivity contribution in [1.29, 1.82) is 0 Å². The molecule has 1 N–H and O–H groups in total. The highest BCUT2D eigenvalue weighted by Crippen LogP contribution is 2.30. The van der Waals surface area contributed by atoms with Crippen LogP contribution in [0.5, 0.6) is 5.75 Å². The van der Waals surface area contributed by atoms with Crippen LogP contribution in [0, 0.1) is 0 Å². The molecule has 3 nitrogen and oxygen atoms in total. The Labute approximate surface area is 143 Å². The van der Waals surface area contributed by atoms with Crippen LogP contribution in [-0.4, -0.2) is 15.1 Å². The predicted molar refractivity (Wildman–Crippen MR) is 95.2 cm³/mol. The van der Waals surface area contributed by atoms with E-state index in [0.29, 0.717) is 24.0 Å². The maximum absolute atomic E-state index is 10.3. The highest BCUT2D eigenvalue weighted by Gasteiger charge is 2.13. The number of phenolic OH excluding ortho intramolecular Hbond substituents is 1. The third-order valence-corrected chi connectivity index (χ3v) is 4.28. The van der Waals surface area contributed by atoms with Gasteiger partial charge in [-0.05, 0) is 47.6 Å². The van der Waals surface area contributed by atoms with Gasteiger partial charge in [0.05, 0.1) is 11.6 Å². The summed E-state index contributed by atoms with van der Waals surface area (Å²) in [7, 11) is 0. The highest BCUT2D eigenvalue weighted by molar-refractivity contribution is 6.16. The van der Waals surface area contributed by atoms with Gasteiger partial charge in [-0.2, -0.15) is 0 Å². The molecule has 0 aliphatic carbocycles. The second-order valence-electron chi connectivity index (χ2n) is 6.21. The minimum absolute atomic E-state index is 0.340. The molecule has 0 saturated carbocycles. The molecule has 0 saturated heterocycles. The average molecular weight is 333 g/mol. The summed E-state index contributed by atoms with van der Waals surface area (Å²) >= 11 is 5.86. The van der Waals surface area contributed by atoms with Gasteiger partial charge in [0.1, 0.15) is 11.6 Å². The van der Waals surface area contributed by atoms with E-state index in [1.54, 1.807) is 6.20 Å². The van der Waals surface area contributed by atoms with Crippen molar-refractivity contribution >= 4 is 11.6 Å². The summed E-state index contributed by atoms with van der Waals surface area (Å²) in [5.41, 5.74) is 4.20. The van der Waals surface area contributed by atoms with E-state index in [0.717, 1.165) is 41.9 Å². The quantitative estimate of drug-likeness (QED) is 0.727. The third kappa shape index (κ3) is 4.68. The van der Waals surface area contributed by atoms with Crippen molar-refractivity contribution in [1.82, 2.24) is 9.97 Å². The Balaban J connectivity index is 2.37. The van der Waals surface area contributed by atoms with Crippen LogP contribution >= 0.6 is 11.6 Å². The Morgan fingerprint density at radius 2 is 2.00 bits per heavy atom. The van der Waals surface area contributed by atoms with E-state index in [4.69, 9.17) is 11.6 Å². The topological polar surface area (TPSA) is 46.0 Å². The molecule has 0 fully saturated rings. The van der Waals surface area contributed by atoms with Gasteiger partial charge in [-0.15, -0.1) is 11.6 Å². The van der Waals surface area contributed by atoms with Gasteiger partial charge in [0, 0.05) is 12.6 Å². The van der Waals surface area contributed by atoms with Crippen LogP contribution in [0.3, 0.4) is 0 Å². The lowest BCUT2D eigenvalue weighted by molar-refractivity contribution is 0.465. The van der Waals surface area contributed by atoms with Gasteiger partial charge in [0.2, 0.25) is 0 Å². The van der Waals surface area contributed by atoms with Crippen LogP contribution in [-0.2, 0) is 18.7 Å². The fourth-order valence-electron chi connectivity index (χ4n) is 2.73. The summed E-state index contributed by atoms with van der Waals surface area (Å²) in [5, 5.41) is 10.3. The molecular weight excluding hydrogens is 308 g/mol. The van der Waals surface area contributed by atoms with E-state index in [1.807, 2.05) is 12.1 Å². The summed E-state index contributed by atoms with van der Waals surface area (Å²) in [6.45, 7) is 6.44. The Hall–Kier alpha value is -1.61. The first-order valence-electron chi connectivity index (χ1n) is 8.26. The van der Waals surface area contributed by atoms with Gasteiger partial charge in [-0.3, -0.25) is 0 Å². The maximum Gasteiger partial charge on any atom is 0.132 e. The molecule has 0 bridgehead atoms. The molecule has 1 aromatic heterocycles. The number of alkyl halides is 1. The van der Waals surface area contributed by atoms with Gasteiger partial charge in [-0.1, -0.05) is 33.3 Å². The third-order valence-electron chi connectivity index (χ3n) is 4.01. The fraction of sp³-hybridized carbons (Fsp3) is 0.474. The lowest BCUT2D eigenvalue weighted by Gasteiger charge is -2.16. The molecule has 0 spiro atoms. The first-order valence-corrected chi connectivity index (χ1v) is 8.80. The molecule has 2 rings (SSSR count). The molecule has 0 aliphatic rings. The van der Waals surface area contributed by atoms with Gasteiger partial charge in [0.25, 0.3) is 0 Å². The van der Waals surface area contributed by atoms with E-state index in [9.17, 15) is 5.11 Å². The molecule has 124 valence electrons. The van der Waals surface area contributed by atoms with Crippen molar-refractivity contribution in [2.75, 3.05) is 0 Å². The second kappa shape index (κ2) is 8.30. The smallest absolute Gasteiger partial charge is 0.132 e. The fourth-order valence-corrected chi connectivity index (χ4v) is 2.88. The van der Waals surface area contributed by atoms with Crippen LogP contribution in [0.15, 0.2) is 24.4 Å². The largest absolute Gasteiger partial charge is 0.508 e. The standard InChI is InChI=1S/C19H25ClN2O/c1-4-5-6-14-9-15(17(13(2)3)11-18(14)23)10-19-21-8-7-16(12-20)22-19/h7-9,11,13,23H,4-6,10,12H2,1-3H3. The monoisotopic (exact) mass is 332 g/mol. The Morgan fingerprint density at radius 1 is 1.22 bits per heavy atom. The number of nitrogens with zero attached hydrogens (tertiary/aromatic N) is 2. The number of benzene rings is 1. The van der Waals surface area contributed by atoms with Gasteiger partial charge >= 0.3 is 0 Å². The SMILES string of the molecule is CCCCc1cc(Cc2nccc(CCl)n2)c(C(C)C)cc1O. The first-order chi connectivity index (χ1) is 11.0. The van der Waals surface area contributed by atoms with E-state index in [1.165, 1.54) is 5.56 Å². The average Bonchev–Trinajstić information content (AvgIpc) is 2.54. The molecule has 0 unspecified atom stereocenters. The number of aromatic nitrogens is 2. The summed E-state index contributed by atoms with van der Waals surface area (Å²) in [5.74, 6) is 1.91. The Bertz CT molecular complexity index is 656. The Kier molecular flexibility index (Phi) is 6.40. The van der Waals surface area contributed by atoms with Gasteiger partial charge < -0.3 is 5.11 Å². The first kappa shape index (κ1) is 17.7. The van der Waals surface area contributed by atoms with Crippen molar-refractivity contribution in [2.24, 2.45) is 0 Å². The molecule has 1 heterocycles. The van der Waals surface area contributed by atoms with Crippen molar-refractivity contribution < 1.29 is 5.11 Å². The van der Waals surface area contributed by atoms with E-state index in [2.05, 4.69) is 36.8 Å². The van der Waals surface area contributed by atoms with Crippen molar-refractivity contribution in [2.45, 2.75) is 58.3 Å². The number of unbranched alkanes of at least 4 members (excludes halogenated alkanes) is 1. The van der Waals surface area contributed by atoms with Gasteiger partial charge in [-0.25, -0.2) is 9.97 Å². The summed E-state index contributed by atoms with van der Waals surface area (Å²) in [4.78, 5) is 8.86. The zero-order valence-electron chi connectivity index (χ0n) is 14.1. The number of hydrogen-bond acceptors (Lipinski definition) is 3. The summed E-state index contributed by atoms with van der Waals surface area (Å²) in [6.07, 6.45) is 5.51. The second-order valence-corrected chi connectivity index (χ2v) is 6.48. The number of aryl methyl sites for hydroxylation is 1. The molecule has 23 heavy (non-hydrogen) atoms. The molecular formula is C19H25ClN2O. The molecule has 0 radical (unpaired) electrons. The molecule has 0 atom stereocenters. The summed E-state index contributed by atoms with van der Waals surface area (Å²) in [6, 6.07) is 5.87. The van der Waals surface area contributed by atoms with Crippen LogP contribution < -0.4 is 0 Å². The molecule has 1 aromatic carbocycles. The number of aromatic hydroxyl groups is 1. The zero-order chi connectivity index (χ0) is 16.8. The van der Waals surface area contributed by atoms with Crippen molar-refractivity contribution in [3.63, 3.8) is 0 Å². The van der Waals surface area contributed by atoms with Crippen molar-refractivity contribution in [3.05, 3.63) is 52.6 Å². The molecule has 0 amide bonds. The van der Waals surface area contributed by atoms with Crippen LogP contribution in [0.2, 0.25) is 0 Å². The number of rotatable bonds is 7.